The third-order valence-electron chi connectivity index (χ3n) is 1.91. The van der Waals surface area contributed by atoms with Crippen LogP contribution in [0.1, 0.15) is 17.3 Å². The lowest BCUT2D eigenvalue weighted by Crippen LogP contribution is -2.42. The van der Waals surface area contributed by atoms with Crippen LogP contribution in [0.2, 0.25) is 0 Å². The summed E-state index contributed by atoms with van der Waals surface area (Å²) in [6.45, 7) is 1.91. The molecule has 1 rings (SSSR count). The Kier molecular flexibility index (Phi) is 4.89. The molecule has 4 nitrogen and oxygen atoms in total. The van der Waals surface area contributed by atoms with Crippen LogP contribution in [0, 0.1) is 0 Å². The maximum absolute atomic E-state index is 11.6. The highest BCUT2D eigenvalue weighted by Gasteiger charge is 2.21. The fourth-order valence-electron chi connectivity index (χ4n) is 1.16. The van der Waals surface area contributed by atoms with E-state index in [0.29, 0.717) is 16.0 Å². The van der Waals surface area contributed by atoms with Gasteiger partial charge in [-0.05, 0) is 29.1 Å². The largest absolute Gasteiger partial charge is 0.457 e. The van der Waals surface area contributed by atoms with Crippen LogP contribution in [0.4, 0.5) is 0 Å². The van der Waals surface area contributed by atoms with Crippen molar-refractivity contribution in [3.8, 4) is 0 Å². The number of nitrogens with one attached hydrogen (secondary N) is 1. The molecule has 0 radical (unpaired) electrons. The minimum Gasteiger partial charge on any atom is -0.457 e. The van der Waals surface area contributed by atoms with Crippen molar-refractivity contribution < 1.29 is 14.3 Å². The van der Waals surface area contributed by atoms with Crippen molar-refractivity contribution >= 4 is 33.6 Å². The highest BCUT2D eigenvalue weighted by molar-refractivity contribution is 9.10. The topological polar surface area (TPSA) is 62.5 Å². The van der Waals surface area contributed by atoms with E-state index in [0.717, 1.165) is 0 Å². The number of thioether (sulfide) groups is 1. The van der Waals surface area contributed by atoms with Crippen LogP contribution in [-0.4, -0.2) is 35.2 Å². The minimum atomic E-state index is -0.893. The third-order valence-corrected chi connectivity index (χ3v) is 3.24. The van der Waals surface area contributed by atoms with Gasteiger partial charge >= 0.3 is 0 Å². The number of rotatable bonds is 5. The summed E-state index contributed by atoms with van der Waals surface area (Å²) in [6, 6.07) is 1.58. The molecular formula is C10H14BrNO3S. The molecule has 0 saturated heterocycles. The average Bonchev–Trinajstić information content (AvgIpc) is 2.61. The van der Waals surface area contributed by atoms with Crippen LogP contribution in [0.3, 0.4) is 0 Å². The lowest BCUT2D eigenvalue weighted by molar-refractivity contribution is 0.0724. The van der Waals surface area contributed by atoms with Gasteiger partial charge in [0.05, 0.1) is 11.2 Å². The van der Waals surface area contributed by atoms with Crippen molar-refractivity contribution in [3.63, 3.8) is 0 Å². The van der Waals surface area contributed by atoms with Gasteiger partial charge in [0, 0.05) is 18.4 Å². The third kappa shape index (κ3) is 4.19. The summed E-state index contributed by atoms with van der Waals surface area (Å²) in [5.41, 5.74) is -0.456. The van der Waals surface area contributed by atoms with Gasteiger partial charge in [-0.25, -0.2) is 0 Å². The molecule has 0 aromatic carbocycles. The number of hydrogen-bond donors (Lipinski definition) is 2. The first kappa shape index (κ1) is 13.6. The lowest BCUT2D eigenvalue weighted by Gasteiger charge is -2.22. The molecule has 0 aliphatic heterocycles. The van der Waals surface area contributed by atoms with Gasteiger partial charge in [0.1, 0.15) is 6.26 Å². The molecular weight excluding hydrogens is 294 g/mol. The first-order valence-corrected chi connectivity index (χ1v) is 6.87. The molecule has 1 heterocycles. The van der Waals surface area contributed by atoms with Crippen LogP contribution in [0.25, 0.3) is 0 Å². The highest BCUT2D eigenvalue weighted by atomic mass is 79.9. The SMILES string of the molecule is CSCC(C)(O)CNC(=O)c1coc(Br)c1. The van der Waals surface area contributed by atoms with E-state index in [9.17, 15) is 9.90 Å². The van der Waals surface area contributed by atoms with E-state index in [-0.39, 0.29) is 12.5 Å². The van der Waals surface area contributed by atoms with E-state index in [1.165, 1.54) is 18.0 Å². The number of hydrogen-bond acceptors (Lipinski definition) is 4. The van der Waals surface area contributed by atoms with Crippen LogP contribution < -0.4 is 5.32 Å². The second-order valence-electron chi connectivity index (χ2n) is 3.75. The number of aliphatic hydroxyl groups is 1. The van der Waals surface area contributed by atoms with E-state index in [4.69, 9.17) is 4.42 Å². The van der Waals surface area contributed by atoms with Crippen molar-refractivity contribution in [1.29, 1.82) is 0 Å². The molecule has 1 unspecified atom stereocenters. The Bertz CT molecular complexity index is 365. The number of carbonyl (C=O) groups excluding carboxylic acids is 1. The Hall–Kier alpha value is -0.460. The number of carbonyl (C=O) groups is 1. The molecule has 1 aromatic rings. The molecule has 0 spiro atoms. The molecule has 16 heavy (non-hydrogen) atoms. The van der Waals surface area contributed by atoms with E-state index in [1.807, 2.05) is 6.26 Å². The summed E-state index contributed by atoms with van der Waals surface area (Å²) in [5, 5.41) is 12.5. The Morgan fingerprint density at radius 2 is 2.44 bits per heavy atom. The molecule has 2 N–H and O–H groups in total. The standard InChI is InChI=1S/C10H14BrNO3S/c1-10(14,6-16-2)5-12-9(13)7-3-8(11)15-4-7/h3-4,14H,5-6H2,1-2H3,(H,12,13). The summed E-state index contributed by atoms with van der Waals surface area (Å²) in [5.74, 6) is 0.318. The molecule has 1 atom stereocenters. The van der Waals surface area contributed by atoms with Gasteiger partial charge in [-0.2, -0.15) is 11.8 Å². The smallest absolute Gasteiger partial charge is 0.254 e. The Morgan fingerprint density at radius 1 is 1.75 bits per heavy atom. The van der Waals surface area contributed by atoms with Crippen molar-refractivity contribution in [2.75, 3.05) is 18.6 Å². The molecule has 1 aromatic heterocycles. The van der Waals surface area contributed by atoms with Gasteiger partial charge in [0.25, 0.3) is 5.91 Å². The number of amides is 1. The zero-order valence-electron chi connectivity index (χ0n) is 9.12. The maximum atomic E-state index is 11.6. The fourth-order valence-corrected chi connectivity index (χ4v) is 2.23. The monoisotopic (exact) mass is 307 g/mol. The molecule has 0 aliphatic rings. The van der Waals surface area contributed by atoms with Gasteiger partial charge < -0.3 is 14.8 Å². The van der Waals surface area contributed by atoms with Gasteiger partial charge in [-0.3, -0.25) is 4.79 Å². The quantitative estimate of drug-likeness (QED) is 0.872. The zero-order valence-corrected chi connectivity index (χ0v) is 11.5. The van der Waals surface area contributed by atoms with Crippen molar-refractivity contribution in [1.82, 2.24) is 5.32 Å². The lowest BCUT2D eigenvalue weighted by atomic mass is 10.1. The first-order valence-electron chi connectivity index (χ1n) is 4.68. The average molecular weight is 308 g/mol. The van der Waals surface area contributed by atoms with Gasteiger partial charge in [-0.15, -0.1) is 0 Å². The normalized spacial score (nSPS) is 14.5. The van der Waals surface area contributed by atoms with Gasteiger partial charge in [0.2, 0.25) is 0 Å². The molecule has 0 saturated carbocycles. The van der Waals surface area contributed by atoms with E-state index >= 15 is 0 Å². The van der Waals surface area contributed by atoms with Crippen LogP contribution >= 0.6 is 27.7 Å². The molecule has 1 amide bonds. The summed E-state index contributed by atoms with van der Waals surface area (Å²) < 4.78 is 5.46. The van der Waals surface area contributed by atoms with Gasteiger partial charge in [0.15, 0.2) is 4.67 Å². The van der Waals surface area contributed by atoms with Crippen molar-refractivity contribution in [2.24, 2.45) is 0 Å². The summed E-state index contributed by atoms with van der Waals surface area (Å²) in [7, 11) is 0. The number of furan rings is 1. The highest BCUT2D eigenvalue weighted by Crippen LogP contribution is 2.14. The predicted molar refractivity (Wildman–Crippen MR) is 67.7 cm³/mol. The molecule has 0 aliphatic carbocycles. The Balaban J connectivity index is 2.47. The second-order valence-corrected chi connectivity index (χ2v) is 5.40. The van der Waals surface area contributed by atoms with E-state index < -0.39 is 5.60 Å². The maximum Gasteiger partial charge on any atom is 0.254 e. The summed E-state index contributed by atoms with van der Waals surface area (Å²) in [6.07, 6.45) is 3.27. The van der Waals surface area contributed by atoms with E-state index in [1.54, 1.807) is 13.0 Å². The zero-order chi connectivity index (χ0) is 12.2. The fraction of sp³-hybridized carbons (Fsp3) is 0.500. The summed E-state index contributed by atoms with van der Waals surface area (Å²) in [4.78, 5) is 11.6. The molecule has 0 bridgehead atoms. The molecule has 0 fully saturated rings. The van der Waals surface area contributed by atoms with Crippen LogP contribution in [-0.2, 0) is 0 Å². The second kappa shape index (κ2) is 5.75. The Labute approximate surface area is 107 Å². The predicted octanol–water partition coefficient (Wildman–Crippen LogP) is 1.89. The van der Waals surface area contributed by atoms with Crippen LogP contribution in [0.15, 0.2) is 21.4 Å². The first-order chi connectivity index (χ1) is 7.44. The van der Waals surface area contributed by atoms with Crippen molar-refractivity contribution in [2.45, 2.75) is 12.5 Å². The summed E-state index contributed by atoms with van der Waals surface area (Å²) >= 11 is 4.65. The van der Waals surface area contributed by atoms with Gasteiger partial charge in [-0.1, -0.05) is 0 Å². The minimum absolute atomic E-state index is 0.218. The van der Waals surface area contributed by atoms with Crippen LogP contribution in [0.5, 0.6) is 0 Å². The number of halogens is 1. The molecule has 6 heteroatoms. The molecule has 90 valence electrons. The Morgan fingerprint density at radius 3 is 2.94 bits per heavy atom. The van der Waals surface area contributed by atoms with E-state index in [2.05, 4.69) is 21.2 Å². The van der Waals surface area contributed by atoms with Crippen molar-refractivity contribution in [3.05, 3.63) is 22.6 Å².